The van der Waals surface area contributed by atoms with Crippen LogP contribution in [0.25, 0.3) is 0 Å². The Kier molecular flexibility index (Phi) is 6.50. The molecule has 4 rings (SSSR count). The zero-order valence-electron chi connectivity index (χ0n) is 17.4. The average Bonchev–Trinajstić information content (AvgIpc) is 3.26. The Morgan fingerprint density at radius 1 is 1.19 bits per heavy atom. The van der Waals surface area contributed by atoms with Gasteiger partial charge < -0.3 is 18.8 Å². The molecule has 162 valence electrons. The summed E-state index contributed by atoms with van der Waals surface area (Å²) in [4.78, 5) is 19.0. The fourth-order valence-corrected chi connectivity index (χ4v) is 3.81. The summed E-state index contributed by atoms with van der Waals surface area (Å²) < 4.78 is 30.1. The van der Waals surface area contributed by atoms with Crippen molar-refractivity contribution in [3.63, 3.8) is 0 Å². The summed E-state index contributed by atoms with van der Waals surface area (Å²) >= 11 is 0. The molecular formula is C24H25FN2O4. The van der Waals surface area contributed by atoms with E-state index in [2.05, 4.69) is 4.98 Å². The van der Waals surface area contributed by atoms with Gasteiger partial charge in [-0.25, -0.2) is 9.37 Å². The highest BCUT2D eigenvalue weighted by Gasteiger charge is 2.31. The number of halogens is 1. The molecule has 3 aromatic rings. The third-order valence-corrected chi connectivity index (χ3v) is 5.35. The van der Waals surface area contributed by atoms with Gasteiger partial charge in [0.25, 0.3) is 5.91 Å². The van der Waals surface area contributed by atoms with Crippen molar-refractivity contribution in [3.8, 4) is 11.5 Å². The molecular weight excluding hydrogens is 399 g/mol. The molecule has 1 aliphatic heterocycles. The molecule has 1 fully saturated rings. The van der Waals surface area contributed by atoms with Gasteiger partial charge in [-0.1, -0.05) is 18.2 Å². The van der Waals surface area contributed by atoms with E-state index in [1.54, 1.807) is 30.3 Å². The van der Waals surface area contributed by atoms with Crippen LogP contribution in [0.5, 0.6) is 11.5 Å². The van der Waals surface area contributed by atoms with Crippen LogP contribution in [0, 0.1) is 5.82 Å². The third-order valence-electron chi connectivity index (χ3n) is 5.35. The van der Waals surface area contributed by atoms with Gasteiger partial charge in [0, 0.05) is 19.0 Å². The van der Waals surface area contributed by atoms with E-state index in [4.69, 9.17) is 13.9 Å². The van der Waals surface area contributed by atoms with Crippen LogP contribution >= 0.6 is 0 Å². The van der Waals surface area contributed by atoms with Crippen LogP contribution in [0.2, 0.25) is 0 Å². The molecule has 1 aromatic heterocycles. The molecule has 7 heteroatoms. The number of rotatable bonds is 7. The van der Waals surface area contributed by atoms with Gasteiger partial charge in [-0.05, 0) is 49.1 Å². The Balaban J connectivity index is 1.42. The smallest absolute Gasteiger partial charge is 0.261 e. The van der Waals surface area contributed by atoms with Gasteiger partial charge >= 0.3 is 0 Å². The van der Waals surface area contributed by atoms with Crippen molar-refractivity contribution in [1.29, 1.82) is 0 Å². The van der Waals surface area contributed by atoms with E-state index in [1.807, 2.05) is 24.3 Å². The third kappa shape index (κ3) is 5.23. The number of ether oxygens (including phenoxy) is 2. The van der Waals surface area contributed by atoms with E-state index >= 15 is 0 Å². The summed E-state index contributed by atoms with van der Waals surface area (Å²) in [6.07, 6.45) is 5.00. The zero-order valence-corrected chi connectivity index (χ0v) is 17.4. The molecule has 2 aromatic carbocycles. The molecule has 0 saturated carbocycles. The number of methoxy groups -OCH3 is 1. The molecule has 1 amide bonds. The summed E-state index contributed by atoms with van der Waals surface area (Å²) in [7, 11) is 1.64. The van der Waals surface area contributed by atoms with Crippen molar-refractivity contribution in [2.75, 3.05) is 20.3 Å². The van der Waals surface area contributed by atoms with E-state index in [0.29, 0.717) is 24.6 Å². The number of hydrogen-bond donors (Lipinski definition) is 0. The summed E-state index contributed by atoms with van der Waals surface area (Å²) in [6, 6.07) is 13.3. The van der Waals surface area contributed by atoms with Crippen LogP contribution in [-0.2, 0) is 11.2 Å². The van der Waals surface area contributed by atoms with Crippen molar-refractivity contribution in [2.45, 2.75) is 31.7 Å². The largest absolute Gasteiger partial charge is 0.497 e. The number of carbonyl (C=O) groups excluding carboxylic acids is 1. The van der Waals surface area contributed by atoms with Crippen molar-refractivity contribution < 1.29 is 23.1 Å². The molecule has 31 heavy (non-hydrogen) atoms. The molecule has 1 unspecified atom stereocenters. The van der Waals surface area contributed by atoms with Crippen LogP contribution in [0.15, 0.2) is 59.1 Å². The van der Waals surface area contributed by atoms with Crippen LogP contribution < -0.4 is 9.47 Å². The van der Waals surface area contributed by atoms with E-state index in [9.17, 15) is 9.18 Å². The average molecular weight is 424 g/mol. The van der Waals surface area contributed by atoms with Gasteiger partial charge in [0.05, 0.1) is 13.3 Å². The maximum absolute atomic E-state index is 13.3. The Hall–Kier alpha value is -3.35. The summed E-state index contributed by atoms with van der Waals surface area (Å²) in [5.41, 5.74) is 1.06. The Labute approximate surface area is 180 Å². The molecule has 1 atom stereocenters. The summed E-state index contributed by atoms with van der Waals surface area (Å²) in [5.74, 6) is 1.83. The Bertz CT molecular complexity index is 1040. The molecule has 0 N–H and O–H groups in total. The standard InChI is InChI=1S/C24H25FN2O4/c1-29-19-8-4-6-17(12-19)13-21-15-26-24(31-21)22-10-2-3-11-27(22)23(28)16-30-20-9-5-7-18(25)14-20/h4-9,12,14-15,22H,2-3,10-11,13,16H2,1H3. The molecule has 0 spiro atoms. The van der Waals surface area contributed by atoms with Crippen LogP contribution in [0.4, 0.5) is 4.39 Å². The molecule has 6 nitrogen and oxygen atoms in total. The highest BCUT2D eigenvalue weighted by Crippen LogP contribution is 2.31. The molecule has 0 aliphatic carbocycles. The lowest BCUT2D eigenvalue weighted by Crippen LogP contribution is -2.41. The maximum Gasteiger partial charge on any atom is 0.261 e. The monoisotopic (exact) mass is 424 g/mol. The van der Waals surface area contributed by atoms with Crippen molar-refractivity contribution >= 4 is 5.91 Å². The first-order valence-electron chi connectivity index (χ1n) is 10.4. The second-order valence-corrected chi connectivity index (χ2v) is 7.54. The Morgan fingerprint density at radius 2 is 2.03 bits per heavy atom. The molecule has 2 heterocycles. The molecule has 0 radical (unpaired) electrons. The molecule has 1 saturated heterocycles. The minimum atomic E-state index is -0.399. The summed E-state index contributed by atoms with van der Waals surface area (Å²) in [5, 5.41) is 0. The first-order valence-corrected chi connectivity index (χ1v) is 10.4. The van der Waals surface area contributed by atoms with E-state index in [0.717, 1.165) is 36.3 Å². The number of carbonyl (C=O) groups is 1. The second-order valence-electron chi connectivity index (χ2n) is 7.54. The number of nitrogens with zero attached hydrogens (tertiary/aromatic N) is 2. The van der Waals surface area contributed by atoms with Crippen molar-refractivity contribution in [2.24, 2.45) is 0 Å². The second kappa shape index (κ2) is 9.64. The van der Waals surface area contributed by atoms with Gasteiger partial charge in [0.2, 0.25) is 5.89 Å². The van der Waals surface area contributed by atoms with Crippen molar-refractivity contribution in [3.05, 3.63) is 77.8 Å². The number of oxazole rings is 1. The van der Waals surface area contributed by atoms with Crippen molar-refractivity contribution in [1.82, 2.24) is 9.88 Å². The number of benzene rings is 2. The van der Waals surface area contributed by atoms with Crippen LogP contribution in [0.1, 0.15) is 42.5 Å². The predicted molar refractivity (Wildman–Crippen MR) is 113 cm³/mol. The lowest BCUT2D eigenvalue weighted by molar-refractivity contribution is -0.137. The van der Waals surface area contributed by atoms with Gasteiger partial charge in [-0.3, -0.25) is 4.79 Å². The number of aromatic nitrogens is 1. The fourth-order valence-electron chi connectivity index (χ4n) is 3.81. The lowest BCUT2D eigenvalue weighted by Gasteiger charge is -2.33. The highest BCUT2D eigenvalue weighted by atomic mass is 19.1. The van der Waals surface area contributed by atoms with E-state index in [-0.39, 0.29) is 18.6 Å². The topological polar surface area (TPSA) is 64.8 Å². The quantitative estimate of drug-likeness (QED) is 0.557. The number of hydrogen-bond acceptors (Lipinski definition) is 5. The fraction of sp³-hybridized carbons (Fsp3) is 0.333. The number of likely N-dealkylation sites (tertiary alicyclic amines) is 1. The minimum Gasteiger partial charge on any atom is -0.497 e. The zero-order chi connectivity index (χ0) is 21.6. The number of amides is 1. The Morgan fingerprint density at radius 3 is 2.87 bits per heavy atom. The van der Waals surface area contributed by atoms with Gasteiger partial charge in [0.15, 0.2) is 6.61 Å². The van der Waals surface area contributed by atoms with Gasteiger partial charge in [-0.2, -0.15) is 0 Å². The maximum atomic E-state index is 13.3. The van der Waals surface area contributed by atoms with E-state index in [1.165, 1.54) is 12.1 Å². The SMILES string of the molecule is COc1cccc(Cc2cnc(C3CCCCN3C(=O)COc3cccc(F)c3)o2)c1. The van der Waals surface area contributed by atoms with Gasteiger partial charge in [0.1, 0.15) is 29.1 Å². The van der Waals surface area contributed by atoms with E-state index < -0.39 is 5.82 Å². The molecule has 1 aliphatic rings. The number of piperidine rings is 1. The summed E-state index contributed by atoms with van der Waals surface area (Å²) in [6.45, 7) is 0.459. The predicted octanol–water partition coefficient (Wildman–Crippen LogP) is 4.55. The minimum absolute atomic E-state index is 0.155. The first-order chi connectivity index (χ1) is 15.1. The van der Waals surface area contributed by atoms with Crippen LogP contribution in [-0.4, -0.2) is 36.1 Å². The van der Waals surface area contributed by atoms with Gasteiger partial charge in [-0.15, -0.1) is 0 Å². The van der Waals surface area contributed by atoms with Crippen LogP contribution in [0.3, 0.4) is 0 Å². The highest BCUT2D eigenvalue weighted by molar-refractivity contribution is 5.78. The molecule has 0 bridgehead atoms. The lowest BCUT2D eigenvalue weighted by atomic mass is 10.0. The normalized spacial score (nSPS) is 16.2. The first kappa shape index (κ1) is 20.9.